The minimum Gasteiger partial charge on any atom is -0.455 e. The summed E-state index contributed by atoms with van der Waals surface area (Å²) in [6, 6.07) is 21.6. The summed E-state index contributed by atoms with van der Waals surface area (Å²) in [4.78, 5) is 24.1. The van der Waals surface area contributed by atoms with Gasteiger partial charge in [-0.15, -0.1) is 0 Å². The molecule has 7 heteroatoms. The van der Waals surface area contributed by atoms with Crippen molar-refractivity contribution in [3.05, 3.63) is 83.9 Å². The van der Waals surface area contributed by atoms with Crippen molar-refractivity contribution in [2.45, 2.75) is 51.1 Å². The zero-order valence-electron chi connectivity index (χ0n) is 21.6. The van der Waals surface area contributed by atoms with Gasteiger partial charge in [0.2, 0.25) is 11.8 Å². The van der Waals surface area contributed by atoms with Crippen LogP contribution in [0.2, 0.25) is 38.3 Å². The topological polar surface area (TPSA) is 67.4 Å². The summed E-state index contributed by atoms with van der Waals surface area (Å²) in [5, 5.41) is 5.94. The van der Waals surface area contributed by atoms with E-state index in [0.29, 0.717) is 13.1 Å². The van der Waals surface area contributed by atoms with Crippen molar-refractivity contribution < 1.29 is 13.7 Å². The largest absolute Gasteiger partial charge is 0.455 e. The molecule has 0 saturated carbocycles. The first kappa shape index (κ1) is 28.5. The Morgan fingerprint density at radius 3 is 1.43 bits per heavy atom. The Kier molecular flexibility index (Phi) is 11.9. The van der Waals surface area contributed by atoms with E-state index >= 15 is 0 Å². The van der Waals surface area contributed by atoms with E-state index in [9.17, 15) is 9.59 Å². The maximum absolute atomic E-state index is 12.0. The molecule has 0 aliphatic carbocycles. The minimum absolute atomic E-state index is 0.0652. The van der Waals surface area contributed by atoms with Gasteiger partial charge in [-0.25, -0.2) is 0 Å². The highest BCUT2D eigenvalue weighted by molar-refractivity contribution is 6.84. The molecule has 0 aliphatic heterocycles. The molecule has 0 aliphatic rings. The van der Waals surface area contributed by atoms with Gasteiger partial charge in [-0.05, 0) is 74.4 Å². The number of nitrogens with one attached hydrogen (secondary N) is 2. The van der Waals surface area contributed by atoms with Gasteiger partial charge in [0.1, 0.15) is 0 Å². The highest BCUT2D eigenvalue weighted by Crippen LogP contribution is 2.23. The average molecular weight is 509 g/mol. The van der Waals surface area contributed by atoms with Crippen molar-refractivity contribution in [1.82, 2.24) is 10.6 Å². The van der Waals surface area contributed by atoms with Crippen LogP contribution in [-0.4, -0.2) is 41.5 Å². The fourth-order valence-corrected chi connectivity index (χ4v) is 12.7. The molecule has 0 radical (unpaired) electrons. The fraction of sp³-hybridized carbons (Fsp3) is 0.357. The van der Waals surface area contributed by atoms with Crippen LogP contribution < -0.4 is 10.6 Å². The van der Waals surface area contributed by atoms with E-state index in [0.717, 1.165) is 36.1 Å². The number of carbonyl (C=O) groups excluding carboxylic acids is 2. The maximum Gasteiger partial charge on any atom is 0.243 e. The van der Waals surface area contributed by atoms with Gasteiger partial charge in [0.25, 0.3) is 0 Å². The third-order valence-electron chi connectivity index (χ3n) is 5.52. The van der Waals surface area contributed by atoms with Crippen molar-refractivity contribution in [3.8, 4) is 0 Å². The number of hydrogen-bond donors (Lipinski definition) is 2. The van der Waals surface area contributed by atoms with Crippen LogP contribution in [0.5, 0.6) is 0 Å². The molecule has 2 aromatic rings. The Morgan fingerprint density at radius 2 is 1.06 bits per heavy atom. The highest BCUT2D eigenvalue weighted by atomic mass is 28.4. The molecule has 5 nitrogen and oxygen atoms in total. The van der Waals surface area contributed by atoms with Crippen molar-refractivity contribution >= 4 is 40.6 Å². The first-order chi connectivity index (χ1) is 16.7. The molecule has 2 N–H and O–H groups in total. The van der Waals surface area contributed by atoms with Crippen LogP contribution in [0.25, 0.3) is 12.2 Å². The molecular weight excluding hydrogens is 468 g/mol. The lowest BCUT2D eigenvalue weighted by Gasteiger charge is -2.34. The molecule has 0 fully saturated rings. The van der Waals surface area contributed by atoms with Crippen molar-refractivity contribution in [3.63, 3.8) is 0 Å². The van der Waals surface area contributed by atoms with E-state index in [-0.39, 0.29) is 11.8 Å². The molecule has 0 aromatic heterocycles. The van der Waals surface area contributed by atoms with Gasteiger partial charge in [0.15, 0.2) is 16.6 Å². The first-order valence-electron chi connectivity index (χ1n) is 12.4. The van der Waals surface area contributed by atoms with E-state index in [4.69, 9.17) is 4.12 Å². The number of carbonyl (C=O) groups is 2. The van der Waals surface area contributed by atoms with Crippen LogP contribution in [0.3, 0.4) is 0 Å². The Morgan fingerprint density at radius 1 is 0.686 bits per heavy atom. The molecule has 188 valence electrons. The quantitative estimate of drug-likeness (QED) is 0.191. The zero-order valence-corrected chi connectivity index (χ0v) is 23.6. The summed E-state index contributed by atoms with van der Waals surface area (Å²) in [6.45, 7) is 10.3. The van der Waals surface area contributed by atoms with E-state index in [2.05, 4.69) is 36.8 Å². The normalized spacial score (nSPS) is 12.2. The van der Waals surface area contributed by atoms with Gasteiger partial charge in [-0.1, -0.05) is 60.7 Å². The molecule has 0 heterocycles. The lowest BCUT2D eigenvalue weighted by molar-refractivity contribution is -0.117. The number of benzene rings is 2. The van der Waals surface area contributed by atoms with Crippen LogP contribution in [0, 0.1) is 0 Å². The number of hydrogen-bond acceptors (Lipinski definition) is 3. The molecule has 2 aromatic carbocycles. The summed E-state index contributed by atoms with van der Waals surface area (Å²) < 4.78 is 6.67. The summed E-state index contributed by atoms with van der Waals surface area (Å²) in [5.74, 6) is -0.130. The van der Waals surface area contributed by atoms with Crippen LogP contribution in [0.15, 0.2) is 72.8 Å². The monoisotopic (exact) mass is 508 g/mol. The van der Waals surface area contributed by atoms with E-state index in [1.165, 1.54) is 0 Å². The average Bonchev–Trinajstić information content (AvgIpc) is 2.82. The third kappa shape index (κ3) is 13.1. The zero-order chi connectivity index (χ0) is 25.6. The molecule has 2 rings (SSSR count). The predicted octanol–water partition coefficient (Wildman–Crippen LogP) is 5.85. The van der Waals surface area contributed by atoms with Crippen LogP contribution in [-0.2, 0) is 13.7 Å². The standard InChI is InChI=1S/C28H40N2O3Si2/c1-34(2,23-11-21-29-27(31)19-17-25-13-7-5-8-14-25)33-35(3,4)24-12-22-30-28(32)20-18-26-15-9-6-10-16-26/h5-10,13-20H,11-12,21-24H2,1-4H3,(H,29,31)(H,30,32). The molecule has 0 bridgehead atoms. The Balaban J connectivity index is 1.62. The third-order valence-corrected chi connectivity index (χ3v) is 13.1. The van der Waals surface area contributed by atoms with Gasteiger partial charge in [-0.2, -0.15) is 0 Å². The number of amides is 2. The van der Waals surface area contributed by atoms with Crippen LogP contribution in [0.1, 0.15) is 24.0 Å². The molecule has 0 saturated heterocycles. The van der Waals surface area contributed by atoms with Crippen molar-refractivity contribution in [2.24, 2.45) is 0 Å². The fourth-order valence-electron chi connectivity index (χ4n) is 3.89. The lowest BCUT2D eigenvalue weighted by Crippen LogP contribution is -2.44. The van der Waals surface area contributed by atoms with Gasteiger partial charge in [-0.3, -0.25) is 9.59 Å². The van der Waals surface area contributed by atoms with Crippen molar-refractivity contribution in [1.29, 1.82) is 0 Å². The van der Waals surface area contributed by atoms with Crippen LogP contribution >= 0.6 is 0 Å². The highest BCUT2D eigenvalue weighted by Gasteiger charge is 2.32. The van der Waals surface area contributed by atoms with Crippen molar-refractivity contribution in [2.75, 3.05) is 13.1 Å². The van der Waals surface area contributed by atoms with Gasteiger partial charge < -0.3 is 14.7 Å². The van der Waals surface area contributed by atoms with E-state index < -0.39 is 16.6 Å². The number of rotatable bonds is 14. The summed E-state index contributed by atoms with van der Waals surface area (Å²) in [7, 11) is -3.64. The second-order valence-corrected chi connectivity index (χ2v) is 18.8. The summed E-state index contributed by atoms with van der Waals surface area (Å²) >= 11 is 0. The summed E-state index contributed by atoms with van der Waals surface area (Å²) in [5.41, 5.74) is 2.03. The minimum atomic E-state index is -1.82. The maximum atomic E-state index is 12.0. The van der Waals surface area contributed by atoms with Gasteiger partial charge >= 0.3 is 0 Å². The molecule has 35 heavy (non-hydrogen) atoms. The smallest absolute Gasteiger partial charge is 0.243 e. The van der Waals surface area contributed by atoms with E-state index in [1.807, 2.05) is 72.8 Å². The Labute approximate surface area is 212 Å². The predicted molar refractivity (Wildman–Crippen MR) is 152 cm³/mol. The summed E-state index contributed by atoms with van der Waals surface area (Å²) in [6.07, 6.45) is 8.65. The Bertz CT molecular complexity index is 895. The van der Waals surface area contributed by atoms with Gasteiger partial charge in [0.05, 0.1) is 0 Å². The van der Waals surface area contributed by atoms with E-state index in [1.54, 1.807) is 12.2 Å². The first-order valence-corrected chi connectivity index (χ1v) is 18.6. The second-order valence-electron chi connectivity index (χ2n) is 9.90. The SMILES string of the molecule is C[Si](C)(CCCNC(=O)C=Cc1ccccc1)O[Si](C)(C)CCCNC(=O)C=Cc1ccccc1. The van der Waals surface area contributed by atoms with Gasteiger partial charge in [0, 0.05) is 25.2 Å². The molecular formula is C28H40N2O3Si2. The van der Waals surface area contributed by atoms with Crippen LogP contribution in [0.4, 0.5) is 0 Å². The molecule has 0 atom stereocenters. The molecule has 0 unspecified atom stereocenters. The lowest BCUT2D eigenvalue weighted by atomic mass is 10.2. The second kappa shape index (κ2) is 14.6. The Hall–Kier alpha value is -2.75. The molecule has 2 amide bonds. The molecule has 0 spiro atoms.